The van der Waals surface area contributed by atoms with Crippen LogP contribution in [0.15, 0.2) is 84.9 Å². The number of benzene rings is 3. The Hall–Kier alpha value is -4.14. The van der Waals surface area contributed by atoms with Crippen molar-refractivity contribution in [3.05, 3.63) is 96.1 Å². The molecule has 2 amide bonds. The van der Waals surface area contributed by atoms with Gasteiger partial charge in [0.2, 0.25) is 0 Å². The van der Waals surface area contributed by atoms with Gasteiger partial charge in [-0.1, -0.05) is 48.6 Å². The van der Waals surface area contributed by atoms with Crippen molar-refractivity contribution in [1.82, 2.24) is 0 Å². The number of rotatable bonds is 0. The van der Waals surface area contributed by atoms with Crippen LogP contribution in [0.2, 0.25) is 0 Å². The molecule has 0 saturated heterocycles. The third-order valence-corrected chi connectivity index (χ3v) is 5.25. The van der Waals surface area contributed by atoms with Crippen molar-refractivity contribution in [3.63, 3.8) is 0 Å². The molecule has 186 valence electrons. The molecule has 3 aromatic carbocycles. The first-order valence-corrected chi connectivity index (χ1v) is 11.7. The number of hydrogen-bond acceptors (Lipinski definition) is 6. The smallest absolute Gasteiger partial charge is 0.259 e. The molecular weight excluding hydrogens is 460 g/mol. The second-order valence-corrected chi connectivity index (χ2v) is 7.76. The van der Waals surface area contributed by atoms with Gasteiger partial charge in [0.1, 0.15) is 24.7 Å². The maximum atomic E-state index is 13.1. The first-order chi connectivity index (χ1) is 17.7. The summed E-state index contributed by atoms with van der Waals surface area (Å²) in [6, 6.07) is 20.9. The van der Waals surface area contributed by atoms with E-state index >= 15 is 0 Å². The van der Waals surface area contributed by atoms with Crippen molar-refractivity contribution in [1.29, 1.82) is 0 Å². The molecule has 1 heterocycles. The van der Waals surface area contributed by atoms with Gasteiger partial charge in [-0.05, 0) is 36.4 Å². The molecule has 1 aliphatic rings. The fourth-order valence-corrected chi connectivity index (χ4v) is 3.50. The molecule has 3 aromatic rings. The molecule has 1 aliphatic heterocycles. The van der Waals surface area contributed by atoms with E-state index in [1.807, 2.05) is 12.2 Å². The highest BCUT2D eigenvalue weighted by Crippen LogP contribution is 2.26. The van der Waals surface area contributed by atoms with Gasteiger partial charge in [-0.3, -0.25) is 9.59 Å². The van der Waals surface area contributed by atoms with Crippen LogP contribution in [0.3, 0.4) is 0 Å². The third kappa shape index (κ3) is 6.94. The zero-order valence-electron chi connectivity index (χ0n) is 19.8. The number of nitrogens with one attached hydrogen (secondary N) is 2. The summed E-state index contributed by atoms with van der Waals surface area (Å²) in [5.41, 5.74) is 1.65. The first kappa shape index (κ1) is 25.0. The molecule has 0 aromatic heterocycles. The second kappa shape index (κ2) is 13.1. The van der Waals surface area contributed by atoms with E-state index in [0.29, 0.717) is 60.4 Å². The molecule has 0 atom stereocenters. The molecule has 0 radical (unpaired) electrons. The maximum absolute atomic E-state index is 13.1. The number of amides is 2. The highest BCUT2D eigenvalue weighted by Gasteiger charge is 2.17. The normalized spacial score (nSPS) is 16.7. The van der Waals surface area contributed by atoms with Crippen molar-refractivity contribution in [2.24, 2.45) is 0 Å². The number of ether oxygens (including phenoxy) is 4. The number of carbonyl (C=O) groups is 2. The molecular formula is C28H28N2O6. The van der Waals surface area contributed by atoms with E-state index in [-0.39, 0.29) is 25.0 Å². The van der Waals surface area contributed by atoms with Gasteiger partial charge in [0.25, 0.3) is 11.8 Å². The number of fused-ring (bicyclic) bond motifs is 3. The minimum absolute atomic E-state index is 0.290. The molecule has 0 fully saturated rings. The monoisotopic (exact) mass is 488 g/mol. The lowest BCUT2D eigenvalue weighted by atomic mass is 10.1. The zero-order chi connectivity index (χ0) is 25.0. The van der Waals surface area contributed by atoms with E-state index in [4.69, 9.17) is 18.9 Å². The van der Waals surface area contributed by atoms with Crippen LogP contribution in [0, 0.1) is 0 Å². The minimum atomic E-state index is -0.359. The minimum Gasteiger partial charge on any atom is -0.490 e. The van der Waals surface area contributed by atoms with E-state index in [9.17, 15) is 9.59 Å². The molecule has 2 N–H and O–H groups in total. The van der Waals surface area contributed by atoms with Crippen LogP contribution in [0.25, 0.3) is 0 Å². The summed E-state index contributed by atoms with van der Waals surface area (Å²) in [5, 5.41) is 5.75. The molecule has 0 spiro atoms. The van der Waals surface area contributed by atoms with Crippen LogP contribution in [0.4, 0.5) is 11.4 Å². The number of hydrogen-bond donors (Lipinski definition) is 2. The quantitative estimate of drug-likeness (QED) is 0.451. The van der Waals surface area contributed by atoms with Crippen molar-refractivity contribution in [2.75, 3.05) is 50.3 Å². The molecule has 0 aliphatic carbocycles. The van der Waals surface area contributed by atoms with Crippen LogP contribution in [0.5, 0.6) is 11.5 Å². The topological polar surface area (TPSA) is 95.1 Å². The number of anilines is 2. The Morgan fingerprint density at radius 2 is 0.944 bits per heavy atom. The lowest BCUT2D eigenvalue weighted by molar-refractivity contribution is 0.0995. The Morgan fingerprint density at radius 3 is 1.42 bits per heavy atom. The highest BCUT2D eigenvalue weighted by atomic mass is 16.5. The van der Waals surface area contributed by atoms with Gasteiger partial charge in [-0.2, -0.15) is 0 Å². The van der Waals surface area contributed by atoms with Gasteiger partial charge >= 0.3 is 0 Å². The SMILES string of the molecule is O=C1Nc2ccccc2NC(=O)c2ccccc2OCCOC/C=C\COCCOc2ccccc21. The third-order valence-electron chi connectivity index (χ3n) is 5.25. The maximum Gasteiger partial charge on any atom is 0.259 e. The van der Waals surface area contributed by atoms with E-state index in [0.717, 1.165) is 0 Å². The van der Waals surface area contributed by atoms with Crippen molar-refractivity contribution in [3.8, 4) is 11.5 Å². The Labute approximate surface area is 209 Å². The second-order valence-electron chi connectivity index (χ2n) is 7.76. The Balaban J connectivity index is 1.58. The first-order valence-electron chi connectivity index (χ1n) is 11.7. The summed E-state index contributed by atoms with van der Waals surface area (Å²) in [7, 11) is 0. The van der Waals surface area contributed by atoms with Crippen LogP contribution >= 0.6 is 0 Å². The summed E-state index contributed by atoms with van der Waals surface area (Å²) in [4.78, 5) is 26.2. The van der Waals surface area contributed by atoms with Gasteiger partial charge in [0.05, 0.1) is 48.9 Å². The summed E-state index contributed by atoms with van der Waals surface area (Å²) >= 11 is 0. The molecule has 36 heavy (non-hydrogen) atoms. The Bertz CT molecular complexity index is 1120. The average molecular weight is 489 g/mol. The van der Waals surface area contributed by atoms with Gasteiger partial charge in [-0.15, -0.1) is 0 Å². The Morgan fingerprint density at radius 1 is 0.528 bits per heavy atom. The van der Waals surface area contributed by atoms with Crippen LogP contribution < -0.4 is 20.1 Å². The van der Waals surface area contributed by atoms with Crippen molar-refractivity contribution < 1.29 is 28.5 Å². The van der Waals surface area contributed by atoms with Crippen molar-refractivity contribution >= 4 is 23.2 Å². The predicted octanol–water partition coefficient (Wildman–Crippen LogP) is 4.55. The number of para-hydroxylation sites is 4. The largest absolute Gasteiger partial charge is 0.490 e. The van der Waals surface area contributed by atoms with Gasteiger partial charge in [-0.25, -0.2) is 0 Å². The molecule has 8 nitrogen and oxygen atoms in total. The van der Waals surface area contributed by atoms with Gasteiger partial charge in [0.15, 0.2) is 0 Å². The Kier molecular flexibility index (Phi) is 9.07. The summed E-state index contributed by atoms with van der Waals surface area (Å²) in [5.74, 6) is 0.165. The van der Waals surface area contributed by atoms with E-state index in [1.165, 1.54) is 0 Å². The summed E-state index contributed by atoms with van der Waals surface area (Å²) < 4.78 is 22.7. The summed E-state index contributed by atoms with van der Waals surface area (Å²) in [6.45, 7) is 2.15. The van der Waals surface area contributed by atoms with E-state index in [1.54, 1.807) is 72.8 Å². The van der Waals surface area contributed by atoms with Crippen LogP contribution in [0.1, 0.15) is 20.7 Å². The van der Waals surface area contributed by atoms with Crippen molar-refractivity contribution in [2.45, 2.75) is 0 Å². The molecule has 4 rings (SSSR count). The fraction of sp³-hybridized carbons (Fsp3) is 0.214. The fourth-order valence-electron chi connectivity index (χ4n) is 3.50. The molecule has 0 unspecified atom stereocenters. The van der Waals surface area contributed by atoms with Gasteiger partial charge < -0.3 is 29.6 Å². The van der Waals surface area contributed by atoms with E-state index in [2.05, 4.69) is 10.6 Å². The van der Waals surface area contributed by atoms with E-state index < -0.39 is 0 Å². The number of carbonyl (C=O) groups excluding carboxylic acids is 2. The summed E-state index contributed by atoms with van der Waals surface area (Å²) in [6.07, 6.45) is 3.73. The van der Waals surface area contributed by atoms with Crippen LogP contribution in [-0.4, -0.2) is 51.5 Å². The average Bonchev–Trinajstić information content (AvgIpc) is 2.90. The molecule has 0 bridgehead atoms. The molecule has 0 saturated carbocycles. The van der Waals surface area contributed by atoms with Gasteiger partial charge in [0, 0.05) is 0 Å². The predicted molar refractivity (Wildman–Crippen MR) is 137 cm³/mol. The van der Waals surface area contributed by atoms with Crippen LogP contribution in [-0.2, 0) is 9.47 Å². The zero-order valence-corrected chi connectivity index (χ0v) is 19.8. The lowest BCUT2D eigenvalue weighted by Gasteiger charge is -2.16. The lowest BCUT2D eigenvalue weighted by Crippen LogP contribution is -2.19. The highest BCUT2D eigenvalue weighted by molar-refractivity contribution is 6.11. The standard InChI is InChI=1S/C28H28N2O6/c31-27-21-9-1-5-13-25(21)35-19-17-33-15-7-8-16-34-18-20-36-26-14-6-2-10-22(26)28(32)30-24-12-4-3-11-23(24)29-27/h1-14H,15-20H2,(H,29,31)(H,30,32)/b8-7-. The molecule has 8 heteroatoms.